The first-order valence-electron chi connectivity index (χ1n) is 4.60. The summed E-state index contributed by atoms with van der Waals surface area (Å²) < 4.78 is 5.06. The first kappa shape index (κ1) is 9.04. The smallest absolute Gasteiger partial charge is 0.136 e. The van der Waals surface area contributed by atoms with Gasteiger partial charge in [0.15, 0.2) is 0 Å². The Kier molecular flexibility index (Phi) is 2.14. The van der Waals surface area contributed by atoms with Crippen molar-refractivity contribution in [3.63, 3.8) is 0 Å². The zero-order valence-corrected chi connectivity index (χ0v) is 8.03. The Bertz CT molecular complexity index is 395. The van der Waals surface area contributed by atoms with Crippen molar-refractivity contribution in [2.45, 2.75) is 18.4 Å². The summed E-state index contributed by atoms with van der Waals surface area (Å²) in [7, 11) is 1.57. The van der Waals surface area contributed by atoms with E-state index in [9.17, 15) is 0 Å². The number of ether oxygens (including phenoxy) is 1. The summed E-state index contributed by atoms with van der Waals surface area (Å²) in [4.78, 5) is 0. The first-order chi connectivity index (χ1) is 6.76. The molecule has 14 heavy (non-hydrogen) atoms. The maximum Gasteiger partial charge on any atom is 0.136 e. The van der Waals surface area contributed by atoms with E-state index in [0.717, 1.165) is 12.0 Å². The third-order valence-electron chi connectivity index (χ3n) is 2.61. The standard InChI is InChI=1S/C11H12N2O/c1-14-11-3-2-7(4-8(11)6-12)9-5-10(9)13/h2-4,9-10H,5,13H2,1H3. The zero-order valence-electron chi connectivity index (χ0n) is 8.03. The number of rotatable bonds is 2. The Morgan fingerprint density at radius 3 is 2.79 bits per heavy atom. The van der Waals surface area contributed by atoms with Gasteiger partial charge in [-0.05, 0) is 24.1 Å². The van der Waals surface area contributed by atoms with Gasteiger partial charge in [0.25, 0.3) is 0 Å². The minimum Gasteiger partial charge on any atom is -0.495 e. The van der Waals surface area contributed by atoms with Crippen LogP contribution in [0.4, 0.5) is 0 Å². The van der Waals surface area contributed by atoms with Crippen LogP contribution in [-0.4, -0.2) is 13.2 Å². The van der Waals surface area contributed by atoms with Gasteiger partial charge in [-0.3, -0.25) is 0 Å². The molecule has 0 bridgehead atoms. The molecule has 72 valence electrons. The van der Waals surface area contributed by atoms with Crippen LogP contribution >= 0.6 is 0 Å². The molecule has 2 atom stereocenters. The Morgan fingerprint density at radius 2 is 2.29 bits per heavy atom. The van der Waals surface area contributed by atoms with Gasteiger partial charge >= 0.3 is 0 Å². The second-order valence-corrected chi connectivity index (χ2v) is 3.58. The van der Waals surface area contributed by atoms with Crippen LogP contribution in [0.15, 0.2) is 18.2 Å². The third kappa shape index (κ3) is 1.45. The molecular weight excluding hydrogens is 176 g/mol. The van der Waals surface area contributed by atoms with Gasteiger partial charge in [0.1, 0.15) is 11.8 Å². The summed E-state index contributed by atoms with van der Waals surface area (Å²) in [5, 5.41) is 8.88. The van der Waals surface area contributed by atoms with Crippen molar-refractivity contribution in [2.24, 2.45) is 5.73 Å². The van der Waals surface area contributed by atoms with E-state index in [1.165, 1.54) is 0 Å². The number of nitrogens with zero attached hydrogens (tertiary/aromatic N) is 1. The van der Waals surface area contributed by atoms with Crippen molar-refractivity contribution < 1.29 is 4.74 Å². The first-order valence-corrected chi connectivity index (χ1v) is 4.60. The van der Waals surface area contributed by atoms with E-state index in [4.69, 9.17) is 15.7 Å². The second-order valence-electron chi connectivity index (χ2n) is 3.58. The topological polar surface area (TPSA) is 59.0 Å². The van der Waals surface area contributed by atoms with Gasteiger partial charge in [-0.25, -0.2) is 0 Å². The summed E-state index contributed by atoms with van der Waals surface area (Å²) in [6, 6.07) is 8.08. The Labute approximate surface area is 83.1 Å². The summed E-state index contributed by atoms with van der Waals surface area (Å²) >= 11 is 0. The molecule has 0 amide bonds. The molecule has 0 heterocycles. The van der Waals surface area contributed by atoms with Crippen molar-refractivity contribution in [2.75, 3.05) is 7.11 Å². The van der Waals surface area contributed by atoms with Crippen LogP contribution in [0, 0.1) is 11.3 Å². The van der Waals surface area contributed by atoms with E-state index in [1.807, 2.05) is 18.2 Å². The molecule has 3 heteroatoms. The predicted octanol–water partition coefficient (Wildman–Crippen LogP) is 1.38. The quantitative estimate of drug-likeness (QED) is 0.762. The largest absolute Gasteiger partial charge is 0.495 e. The highest BCUT2D eigenvalue weighted by Crippen LogP contribution is 2.40. The van der Waals surface area contributed by atoms with Gasteiger partial charge in [0.2, 0.25) is 0 Å². The van der Waals surface area contributed by atoms with Crippen molar-refractivity contribution in [1.82, 2.24) is 0 Å². The molecule has 1 aliphatic carbocycles. The Morgan fingerprint density at radius 1 is 1.57 bits per heavy atom. The van der Waals surface area contributed by atoms with Crippen LogP contribution in [0.5, 0.6) is 5.75 Å². The van der Waals surface area contributed by atoms with E-state index in [0.29, 0.717) is 17.2 Å². The maximum absolute atomic E-state index is 8.88. The number of nitrogens with two attached hydrogens (primary N) is 1. The minimum atomic E-state index is 0.273. The van der Waals surface area contributed by atoms with Gasteiger partial charge in [0, 0.05) is 12.0 Å². The van der Waals surface area contributed by atoms with Crippen molar-refractivity contribution in [1.29, 1.82) is 5.26 Å². The highest BCUT2D eigenvalue weighted by atomic mass is 16.5. The molecule has 0 radical (unpaired) electrons. The van der Waals surface area contributed by atoms with E-state index in [2.05, 4.69) is 6.07 Å². The van der Waals surface area contributed by atoms with Crippen molar-refractivity contribution in [3.8, 4) is 11.8 Å². The van der Waals surface area contributed by atoms with Crippen LogP contribution in [0.2, 0.25) is 0 Å². The highest BCUT2D eigenvalue weighted by molar-refractivity contribution is 5.47. The molecule has 1 aromatic carbocycles. The van der Waals surface area contributed by atoms with Crippen LogP contribution < -0.4 is 10.5 Å². The molecule has 1 aromatic rings. The molecule has 2 N–H and O–H groups in total. The SMILES string of the molecule is COc1ccc(C2CC2N)cc1C#N. The molecule has 0 spiro atoms. The van der Waals surface area contributed by atoms with Crippen LogP contribution in [0.25, 0.3) is 0 Å². The predicted molar refractivity (Wildman–Crippen MR) is 53.0 cm³/mol. The van der Waals surface area contributed by atoms with E-state index in [1.54, 1.807) is 7.11 Å². The lowest BCUT2D eigenvalue weighted by atomic mass is 10.1. The van der Waals surface area contributed by atoms with Gasteiger partial charge in [0.05, 0.1) is 12.7 Å². The fourth-order valence-electron chi connectivity index (χ4n) is 1.64. The summed E-state index contributed by atoms with van der Waals surface area (Å²) in [6.45, 7) is 0. The molecule has 1 aliphatic rings. The molecule has 0 aliphatic heterocycles. The highest BCUT2D eigenvalue weighted by Gasteiger charge is 2.35. The summed E-state index contributed by atoms with van der Waals surface area (Å²) in [5.41, 5.74) is 7.48. The fourth-order valence-corrected chi connectivity index (χ4v) is 1.64. The van der Waals surface area contributed by atoms with Crippen LogP contribution in [0.3, 0.4) is 0 Å². The molecule has 0 saturated heterocycles. The van der Waals surface area contributed by atoms with Gasteiger partial charge < -0.3 is 10.5 Å². The summed E-state index contributed by atoms with van der Waals surface area (Å²) in [5.74, 6) is 1.07. The monoisotopic (exact) mass is 188 g/mol. The van der Waals surface area contributed by atoms with Gasteiger partial charge in [-0.1, -0.05) is 6.07 Å². The third-order valence-corrected chi connectivity index (χ3v) is 2.61. The van der Waals surface area contributed by atoms with Crippen LogP contribution in [-0.2, 0) is 0 Å². The number of benzene rings is 1. The molecule has 0 aromatic heterocycles. The average Bonchev–Trinajstić information content (AvgIpc) is 2.94. The average molecular weight is 188 g/mol. The number of hydrogen-bond donors (Lipinski definition) is 1. The number of methoxy groups -OCH3 is 1. The lowest BCUT2D eigenvalue weighted by Gasteiger charge is -2.04. The van der Waals surface area contributed by atoms with Gasteiger partial charge in [-0.2, -0.15) is 5.26 Å². The zero-order chi connectivity index (χ0) is 10.1. The van der Waals surface area contributed by atoms with E-state index < -0.39 is 0 Å². The fraction of sp³-hybridized carbons (Fsp3) is 0.364. The molecule has 1 saturated carbocycles. The number of nitriles is 1. The van der Waals surface area contributed by atoms with E-state index in [-0.39, 0.29) is 6.04 Å². The van der Waals surface area contributed by atoms with Crippen LogP contribution in [0.1, 0.15) is 23.5 Å². The maximum atomic E-state index is 8.88. The van der Waals surface area contributed by atoms with Gasteiger partial charge in [-0.15, -0.1) is 0 Å². The lowest BCUT2D eigenvalue weighted by Crippen LogP contribution is -2.01. The molecule has 1 fully saturated rings. The Hall–Kier alpha value is -1.53. The molecule has 2 unspecified atom stereocenters. The summed E-state index contributed by atoms with van der Waals surface area (Å²) in [6.07, 6.45) is 1.02. The molecule has 2 rings (SSSR count). The second kappa shape index (κ2) is 3.32. The number of hydrogen-bond acceptors (Lipinski definition) is 3. The minimum absolute atomic E-state index is 0.273. The Balaban J connectivity index is 2.33. The molecular formula is C11H12N2O. The lowest BCUT2D eigenvalue weighted by molar-refractivity contribution is 0.413. The molecule has 3 nitrogen and oxygen atoms in total. The van der Waals surface area contributed by atoms with Crippen molar-refractivity contribution >= 4 is 0 Å². The van der Waals surface area contributed by atoms with E-state index >= 15 is 0 Å². The van der Waals surface area contributed by atoms with Crippen molar-refractivity contribution in [3.05, 3.63) is 29.3 Å². The normalized spacial score (nSPS) is 24.1.